The lowest BCUT2D eigenvalue weighted by molar-refractivity contribution is 0.187. The number of aryl methyl sites for hydroxylation is 1. The van der Waals surface area contributed by atoms with Gasteiger partial charge in [-0.05, 0) is 19.1 Å². The van der Waals surface area contributed by atoms with Crippen molar-refractivity contribution in [2.75, 3.05) is 38.1 Å². The van der Waals surface area contributed by atoms with Crippen LogP contribution in [-0.2, 0) is 0 Å². The molecule has 1 aromatic rings. The SMILES string of the molecule is Cc1ccc(N2CCN3C(=O)N(C)CC3C2)cc1. The van der Waals surface area contributed by atoms with Crippen molar-refractivity contribution in [2.45, 2.75) is 13.0 Å². The monoisotopic (exact) mass is 245 g/mol. The van der Waals surface area contributed by atoms with E-state index in [0.717, 1.165) is 26.2 Å². The van der Waals surface area contributed by atoms with Crippen molar-refractivity contribution in [1.82, 2.24) is 9.80 Å². The van der Waals surface area contributed by atoms with E-state index in [1.807, 2.05) is 16.8 Å². The minimum absolute atomic E-state index is 0.184. The average molecular weight is 245 g/mol. The summed E-state index contributed by atoms with van der Waals surface area (Å²) in [6.07, 6.45) is 0. The molecule has 3 rings (SSSR count). The van der Waals surface area contributed by atoms with Gasteiger partial charge in [-0.3, -0.25) is 0 Å². The Bertz CT molecular complexity index is 457. The van der Waals surface area contributed by atoms with Crippen LogP contribution in [-0.4, -0.2) is 55.1 Å². The van der Waals surface area contributed by atoms with Crippen molar-refractivity contribution in [3.05, 3.63) is 29.8 Å². The largest absolute Gasteiger partial charge is 0.368 e. The van der Waals surface area contributed by atoms with E-state index in [1.165, 1.54) is 11.3 Å². The predicted molar refractivity (Wildman–Crippen MR) is 71.9 cm³/mol. The fraction of sp³-hybridized carbons (Fsp3) is 0.500. The van der Waals surface area contributed by atoms with Gasteiger partial charge < -0.3 is 14.7 Å². The Balaban J connectivity index is 1.75. The molecule has 0 saturated carbocycles. The van der Waals surface area contributed by atoms with Gasteiger partial charge in [0, 0.05) is 38.9 Å². The van der Waals surface area contributed by atoms with E-state index in [1.54, 1.807) is 0 Å². The lowest BCUT2D eigenvalue weighted by Gasteiger charge is -2.37. The van der Waals surface area contributed by atoms with Crippen LogP contribution >= 0.6 is 0 Å². The fourth-order valence-electron chi connectivity index (χ4n) is 2.87. The van der Waals surface area contributed by atoms with Crippen LogP contribution in [0.3, 0.4) is 0 Å². The van der Waals surface area contributed by atoms with Gasteiger partial charge >= 0.3 is 6.03 Å². The van der Waals surface area contributed by atoms with Gasteiger partial charge in [0.15, 0.2) is 0 Å². The van der Waals surface area contributed by atoms with Gasteiger partial charge in [0.2, 0.25) is 0 Å². The molecule has 2 aliphatic rings. The maximum Gasteiger partial charge on any atom is 0.320 e. The number of anilines is 1. The lowest BCUT2D eigenvalue weighted by Crippen LogP contribution is -2.52. The standard InChI is InChI=1S/C14H19N3O/c1-11-3-5-12(6-4-11)16-7-8-17-13(10-16)9-15(2)14(17)18/h3-6,13H,7-10H2,1-2H3. The molecule has 1 atom stereocenters. The maximum absolute atomic E-state index is 11.9. The summed E-state index contributed by atoms with van der Waals surface area (Å²) in [4.78, 5) is 18.1. The van der Waals surface area contributed by atoms with E-state index in [-0.39, 0.29) is 6.03 Å². The lowest BCUT2D eigenvalue weighted by atomic mass is 10.1. The summed E-state index contributed by atoms with van der Waals surface area (Å²) in [5.41, 5.74) is 2.55. The maximum atomic E-state index is 11.9. The van der Waals surface area contributed by atoms with Gasteiger partial charge in [-0.2, -0.15) is 0 Å². The Labute approximate surface area is 108 Å². The van der Waals surface area contributed by atoms with Crippen LogP contribution in [0.2, 0.25) is 0 Å². The average Bonchev–Trinajstić information content (AvgIpc) is 2.65. The molecular formula is C14H19N3O. The molecule has 0 aliphatic carbocycles. The number of piperazine rings is 1. The van der Waals surface area contributed by atoms with Crippen molar-refractivity contribution >= 4 is 11.7 Å². The third-order valence-electron chi connectivity index (χ3n) is 3.94. The second-order valence-electron chi connectivity index (χ2n) is 5.29. The summed E-state index contributed by atoms with van der Waals surface area (Å²) in [6.45, 7) is 5.66. The first-order valence-corrected chi connectivity index (χ1v) is 6.48. The summed E-state index contributed by atoms with van der Waals surface area (Å²) in [5, 5.41) is 0. The highest BCUT2D eigenvalue weighted by Crippen LogP contribution is 2.23. The van der Waals surface area contributed by atoms with Gasteiger partial charge in [0.25, 0.3) is 0 Å². The molecule has 18 heavy (non-hydrogen) atoms. The molecule has 96 valence electrons. The second kappa shape index (κ2) is 4.19. The van der Waals surface area contributed by atoms with Gasteiger partial charge in [-0.15, -0.1) is 0 Å². The Morgan fingerprint density at radius 1 is 1.11 bits per heavy atom. The van der Waals surface area contributed by atoms with Crippen LogP contribution < -0.4 is 4.90 Å². The first kappa shape index (κ1) is 11.4. The van der Waals surface area contributed by atoms with Crippen molar-refractivity contribution in [2.24, 2.45) is 0 Å². The molecule has 2 heterocycles. The van der Waals surface area contributed by atoms with Gasteiger partial charge in [0.1, 0.15) is 0 Å². The van der Waals surface area contributed by atoms with E-state index < -0.39 is 0 Å². The van der Waals surface area contributed by atoms with Gasteiger partial charge in [-0.25, -0.2) is 4.79 Å². The normalized spacial score (nSPS) is 23.6. The molecule has 0 aromatic heterocycles. The molecule has 0 bridgehead atoms. The quantitative estimate of drug-likeness (QED) is 0.750. The Morgan fingerprint density at radius 3 is 2.56 bits per heavy atom. The molecule has 2 fully saturated rings. The third-order valence-corrected chi connectivity index (χ3v) is 3.94. The van der Waals surface area contributed by atoms with Crippen molar-refractivity contribution < 1.29 is 4.79 Å². The number of benzene rings is 1. The van der Waals surface area contributed by atoms with E-state index in [9.17, 15) is 4.79 Å². The van der Waals surface area contributed by atoms with Crippen molar-refractivity contribution in [3.8, 4) is 0 Å². The summed E-state index contributed by atoms with van der Waals surface area (Å²) >= 11 is 0. The number of fused-ring (bicyclic) bond motifs is 1. The van der Waals surface area contributed by atoms with Crippen molar-refractivity contribution in [3.63, 3.8) is 0 Å². The molecule has 1 unspecified atom stereocenters. The molecule has 0 N–H and O–H groups in total. The number of carbonyl (C=O) groups is 1. The molecule has 2 saturated heterocycles. The topological polar surface area (TPSA) is 26.8 Å². The number of hydrogen-bond acceptors (Lipinski definition) is 2. The van der Waals surface area contributed by atoms with E-state index >= 15 is 0 Å². The summed E-state index contributed by atoms with van der Waals surface area (Å²) in [5.74, 6) is 0. The zero-order chi connectivity index (χ0) is 12.7. The molecule has 4 heteroatoms. The third kappa shape index (κ3) is 1.82. The van der Waals surface area contributed by atoms with E-state index in [0.29, 0.717) is 6.04 Å². The smallest absolute Gasteiger partial charge is 0.320 e. The van der Waals surface area contributed by atoms with Crippen LogP contribution in [0.1, 0.15) is 5.56 Å². The molecule has 4 nitrogen and oxygen atoms in total. The number of carbonyl (C=O) groups excluding carboxylic acids is 1. The number of urea groups is 1. The minimum Gasteiger partial charge on any atom is -0.368 e. The first-order chi connectivity index (χ1) is 8.65. The molecule has 1 aromatic carbocycles. The van der Waals surface area contributed by atoms with Crippen LogP contribution in [0.5, 0.6) is 0 Å². The summed E-state index contributed by atoms with van der Waals surface area (Å²) < 4.78 is 0. The fourth-order valence-corrected chi connectivity index (χ4v) is 2.87. The molecule has 2 aliphatic heterocycles. The number of nitrogens with zero attached hydrogens (tertiary/aromatic N) is 3. The highest BCUT2D eigenvalue weighted by atomic mass is 16.2. The molecular weight excluding hydrogens is 226 g/mol. The first-order valence-electron chi connectivity index (χ1n) is 6.48. The summed E-state index contributed by atoms with van der Waals surface area (Å²) in [6, 6.07) is 9.17. The van der Waals surface area contributed by atoms with E-state index in [4.69, 9.17) is 0 Å². The summed E-state index contributed by atoms with van der Waals surface area (Å²) in [7, 11) is 1.89. The molecule has 0 spiro atoms. The van der Waals surface area contributed by atoms with Crippen molar-refractivity contribution in [1.29, 1.82) is 0 Å². The van der Waals surface area contributed by atoms with Gasteiger partial charge in [0.05, 0.1) is 6.04 Å². The minimum atomic E-state index is 0.184. The highest BCUT2D eigenvalue weighted by molar-refractivity contribution is 5.77. The van der Waals surface area contributed by atoms with Gasteiger partial charge in [-0.1, -0.05) is 17.7 Å². The van der Waals surface area contributed by atoms with Crippen LogP contribution in [0.25, 0.3) is 0 Å². The zero-order valence-corrected chi connectivity index (χ0v) is 11.0. The predicted octanol–water partition coefficient (Wildman–Crippen LogP) is 1.55. The number of amides is 2. The second-order valence-corrected chi connectivity index (χ2v) is 5.29. The van der Waals surface area contributed by atoms with Crippen LogP contribution in [0.15, 0.2) is 24.3 Å². The van der Waals surface area contributed by atoms with Crippen LogP contribution in [0, 0.1) is 6.92 Å². The number of hydrogen-bond donors (Lipinski definition) is 0. The number of rotatable bonds is 1. The molecule has 0 radical (unpaired) electrons. The Kier molecular flexibility index (Phi) is 2.65. The Hall–Kier alpha value is -1.71. The Morgan fingerprint density at radius 2 is 1.83 bits per heavy atom. The van der Waals surface area contributed by atoms with Crippen LogP contribution in [0.4, 0.5) is 10.5 Å². The zero-order valence-electron chi connectivity index (χ0n) is 11.0. The van der Waals surface area contributed by atoms with E-state index in [2.05, 4.69) is 36.1 Å². The highest BCUT2D eigenvalue weighted by Gasteiger charge is 2.38. The molecule has 2 amide bonds. The number of likely N-dealkylation sites (N-methyl/N-ethyl adjacent to an activating group) is 1.